The predicted octanol–water partition coefficient (Wildman–Crippen LogP) is 2.60. The van der Waals surface area contributed by atoms with Crippen LogP contribution in [0.3, 0.4) is 0 Å². The lowest BCUT2D eigenvalue weighted by Gasteiger charge is -2.28. The lowest BCUT2D eigenvalue weighted by Crippen LogP contribution is -2.38. The number of benzene rings is 1. The molecule has 1 aromatic rings. The molecule has 1 aliphatic rings. The highest BCUT2D eigenvalue weighted by Gasteiger charge is 2.25. The third kappa shape index (κ3) is 3.77. The molecule has 0 atom stereocenters. The lowest BCUT2D eigenvalue weighted by molar-refractivity contribution is -0.139. The van der Waals surface area contributed by atoms with Gasteiger partial charge in [0.2, 0.25) is 5.91 Å². The zero-order chi connectivity index (χ0) is 13.7. The van der Waals surface area contributed by atoms with Gasteiger partial charge < -0.3 is 9.64 Å². The van der Waals surface area contributed by atoms with Crippen molar-refractivity contribution in [3.05, 3.63) is 35.6 Å². The minimum atomic E-state index is -0.257. The van der Waals surface area contributed by atoms with E-state index in [1.54, 1.807) is 11.0 Å². The van der Waals surface area contributed by atoms with Crippen molar-refractivity contribution in [1.82, 2.24) is 4.90 Å². The molecule has 0 aliphatic carbocycles. The largest absolute Gasteiger partial charge is 0.381 e. The van der Waals surface area contributed by atoms with Crippen LogP contribution >= 0.6 is 0 Å². The summed E-state index contributed by atoms with van der Waals surface area (Å²) in [6.07, 6.45) is 1.58. The summed E-state index contributed by atoms with van der Waals surface area (Å²) in [5, 5.41) is 0. The van der Waals surface area contributed by atoms with E-state index in [9.17, 15) is 9.18 Å². The van der Waals surface area contributed by atoms with Crippen molar-refractivity contribution in [3.8, 4) is 0 Å². The molecule has 0 saturated carbocycles. The standard InChI is InChI=1S/C15H20FNO2/c1-2-17(11-12-4-3-5-14(16)10-12)15(18)13-6-8-19-9-7-13/h3-5,10,13H,2,6-9,11H2,1H3. The van der Waals surface area contributed by atoms with Gasteiger partial charge in [-0.1, -0.05) is 12.1 Å². The van der Waals surface area contributed by atoms with E-state index >= 15 is 0 Å². The van der Waals surface area contributed by atoms with Crippen molar-refractivity contribution < 1.29 is 13.9 Å². The maximum Gasteiger partial charge on any atom is 0.226 e. The Labute approximate surface area is 113 Å². The topological polar surface area (TPSA) is 29.5 Å². The van der Waals surface area contributed by atoms with Crippen LogP contribution in [0.5, 0.6) is 0 Å². The number of hydrogen-bond acceptors (Lipinski definition) is 2. The maximum atomic E-state index is 13.2. The summed E-state index contributed by atoms with van der Waals surface area (Å²) in [6.45, 7) is 4.40. The number of carbonyl (C=O) groups is 1. The molecule has 1 aliphatic heterocycles. The minimum absolute atomic E-state index is 0.0576. The summed E-state index contributed by atoms with van der Waals surface area (Å²) >= 11 is 0. The van der Waals surface area contributed by atoms with Crippen molar-refractivity contribution in [2.75, 3.05) is 19.8 Å². The van der Waals surface area contributed by atoms with Crippen LogP contribution in [0.1, 0.15) is 25.3 Å². The van der Waals surface area contributed by atoms with Crippen LogP contribution in [-0.2, 0) is 16.1 Å². The van der Waals surface area contributed by atoms with Gasteiger partial charge in [-0.25, -0.2) is 4.39 Å². The van der Waals surface area contributed by atoms with Gasteiger partial charge in [0, 0.05) is 32.2 Å². The molecule has 19 heavy (non-hydrogen) atoms. The van der Waals surface area contributed by atoms with Gasteiger partial charge in [-0.05, 0) is 37.5 Å². The second-order valence-electron chi connectivity index (χ2n) is 4.87. The molecule has 1 heterocycles. The van der Waals surface area contributed by atoms with Crippen molar-refractivity contribution in [2.24, 2.45) is 5.92 Å². The monoisotopic (exact) mass is 265 g/mol. The quantitative estimate of drug-likeness (QED) is 0.837. The van der Waals surface area contributed by atoms with Gasteiger partial charge in [0.15, 0.2) is 0 Å². The summed E-state index contributed by atoms with van der Waals surface area (Å²) in [4.78, 5) is 14.2. The Bertz CT molecular complexity index is 430. The molecule has 0 radical (unpaired) electrons. The van der Waals surface area contributed by atoms with Crippen molar-refractivity contribution in [1.29, 1.82) is 0 Å². The molecular formula is C15H20FNO2. The summed E-state index contributed by atoms with van der Waals surface area (Å²) in [6, 6.07) is 6.43. The second-order valence-corrected chi connectivity index (χ2v) is 4.87. The van der Waals surface area contributed by atoms with E-state index < -0.39 is 0 Å². The molecule has 104 valence electrons. The van der Waals surface area contributed by atoms with E-state index in [0.717, 1.165) is 18.4 Å². The molecule has 0 spiro atoms. The van der Waals surface area contributed by atoms with E-state index in [0.29, 0.717) is 26.3 Å². The van der Waals surface area contributed by atoms with Gasteiger partial charge in [0.05, 0.1) is 0 Å². The van der Waals surface area contributed by atoms with Gasteiger partial charge in [-0.2, -0.15) is 0 Å². The van der Waals surface area contributed by atoms with Crippen LogP contribution in [0.15, 0.2) is 24.3 Å². The number of halogens is 1. The van der Waals surface area contributed by atoms with Crippen molar-refractivity contribution in [2.45, 2.75) is 26.3 Å². The zero-order valence-electron chi connectivity index (χ0n) is 11.3. The average Bonchev–Trinajstić information content (AvgIpc) is 2.45. The van der Waals surface area contributed by atoms with Gasteiger partial charge >= 0.3 is 0 Å². The molecule has 1 fully saturated rings. The smallest absolute Gasteiger partial charge is 0.226 e. The summed E-state index contributed by atoms with van der Waals surface area (Å²) in [7, 11) is 0. The Kier molecular flexibility index (Phi) is 4.91. The van der Waals surface area contributed by atoms with Crippen LogP contribution in [-0.4, -0.2) is 30.6 Å². The predicted molar refractivity (Wildman–Crippen MR) is 71.0 cm³/mol. The third-order valence-electron chi connectivity index (χ3n) is 3.53. The fraction of sp³-hybridized carbons (Fsp3) is 0.533. The Morgan fingerprint density at radius 3 is 2.79 bits per heavy atom. The van der Waals surface area contributed by atoms with Crippen LogP contribution in [0, 0.1) is 11.7 Å². The van der Waals surface area contributed by atoms with Crippen LogP contribution in [0.4, 0.5) is 4.39 Å². The molecule has 1 aromatic carbocycles. The third-order valence-corrected chi connectivity index (χ3v) is 3.53. The summed E-state index contributed by atoms with van der Waals surface area (Å²) < 4.78 is 18.4. The van der Waals surface area contributed by atoms with Gasteiger partial charge in [0.1, 0.15) is 5.82 Å². The Balaban J connectivity index is 2.00. The molecule has 3 nitrogen and oxygen atoms in total. The number of rotatable bonds is 4. The van der Waals surface area contributed by atoms with E-state index in [1.165, 1.54) is 12.1 Å². The van der Waals surface area contributed by atoms with Gasteiger partial charge in [-0.3, -0.25) is 4.79 Å². The molecular weight excluding hydrogens is 245 g/mol. The van der Waals surface area contributed by atoms with E-state index in [-0.39, 0.29) is 17.6 Å². The molecule has 0 aromatic heterocycles. The minimum Gasteiger partial charge on any atom is -0.381 e. The molecule has 1 saturated heterocycles. The summed E-state index contributed by atoms with van der Waals surface area (Å²) in [5.74, 6) is -0.0376. The van der Waals surface area contributed by atoms with Gasteiger partial charge in [-0.15, -0.1) is 0 Å². The number of hydrogen-bond donors (Lipinski definition) is 0. The van der Waals surface area contributed by atoms with Gasteiger partial charge in [0.25, 0.3) is 0 Å². The lowest BCUT2D eigenvalue weighted by atomic mass is 9.98. The summed E-state index contributed by atoms with van der Waals surface area (Å²) in [5.41, 5.74) is 0.835. The van der Waals surface area contributed by atoms with Crippen LogP contribution in [0.2, 0.25) is 0 Å². The Morgan fingerprint density at radius 1 is 1.42 bits per heavy atom. The first-order valence-corrected chi connectivity index (χ1v) is 6.81. The fourth-order valence-electron chi connectivity index (χ4n) is 2.40. The van der Waals surface area contributed by atoms with E-state index in [2.05, 4.69) is 0 Å². The van der Waals surface area contributed by atoms with Crippen LogP contribution in [0.25, 0.3) is 0 Å². The van der Waals surface area contributed by atoms with E-state index in [1.807, 2.05) is 13.0 Å². The number of ether oxygens (including phenoxy) is 1. The first-order valence-electron chi connectivity index (χ1n) is 6.81. The van der Waals surface area contributed by atoms with Crippen molar-refractivity contribution >= 4 is 5.91 Å². The fourth-order valence-corrected chi connectivity index (χ4v) is 2.40. The Hall–Kier alpha value is -1.42. The number of amides is 1. The highest BCUT2D eigenvalue weighted by atomic mass is 19.1. The molecule has 0 N–H and O–H groups in total. The number of nitrogens with zero attached hydrogens (tertiary/aromatic N) is 1. The van der Waals surface area contributed by atoms with E-state index in [4.69, 9.17) is 4.74 Å². The maximum absolute atomic E-state index is 13.2. The normalized spacial score (nSPS) is 16.3. The zero-order valence-corrected chi connectivity index (χ0v) is 11.3. The second kappa shape index (κ2) is 6.66. The average molecular weight is 265 g/mol. The SMILES string of the molecule is CCN(Cc1cccc(F)c1)C(=O)C1CCOCC1. The van der Waals surface area contributed by atoms with Crippen molar-refractivity contribution in [3.63, 3.8) is 0 Å². The van der Waals surface area contributed by atoms with Crippen LogP contribution < -0.4 is 0 Å². The first-order chi connectivity index (χ1) is 9.20. The Morgan fingerprint density at radius 2 is 2.16 bits per heavy atom. The highest BCUT2D eigenvalue weighted by molar-refractivity contribution is 5.78. The molecule has 2 rings (SSSR count). The molecule has 1 amide bonds. The molecule has 0 bridgehead atoms. The first kappa shape index (κ1) is 14.0. The molecule has 4 heteroatoms. The molecule has 0 unspecified atom stereocenters. The number of carbonyl (C=O) groups excluding carboxylic acids is 1. The highest BCUT2D eigenvalue weighted by Crippen LogP contribution is 2.19.